The summed E-state index contributed by atoms with van der Waals surface area (Å²) in [7, 11) is 0. The van der Waals surface area contributed by atoms with Crippen molar-refractivity contribution in [1.82, 2.24) is 0 Å². The van der Waals surface area contributed by atoms with Crippen LogP contribution in [0.4, 0.5) is 18.9 Å². The maximum Gasteiger partial charge on any atom is 0.416 e. The molecule has 2 rings (SSSR count). The van der Waals surface area contributed by atoms with E-state index < -0.39 is 11.7 Å². The summed E-state index contributed by atoms with van der Waals surface area (Å²) in [6.45, 7) is 2.19. The van der Waals surface area contributed by atoms with Crippen LogP contribution in [0.1, 0.15) is 38.2 Å². The third kappa shape index (κ3) is 4.13. The second-order valence-corrected chi connectivity index (χ2v) is 6.26. The summed E-state index contributed by atoms with van der Waals surface area (Å²) in [6.07, 6.45) is 0.0928. The molecule has 106 valence electrons. The van der Waals surface area contributed by atoms with E-state index in [-0.39, 0.29) is 6.04 Å². The molecule has 5 heteroatoms. The maximum atomic E-state index is 12.7. The van der Waals surface area contributed by atoms with E-state index in [4.69, 9.17) is 0 Å². The smallest absolute Gasteiger partial charge is 0.382 e. The van der Waals surface area contributed by atoms with E-state index in [1.165, 1.54) is 12.5 Å². The quantitative estimate of drug-likeness (QED) is 0.756. The molecule has 0 bridgehead atoms. The predicted molar refractivity (Wildman–Crippen MR) is 74.2 cm³/mol. The summed E-state index contributed by atoms with van der Waals surface area (Å²) >= 11 is 3.14. The van der Waals surface area contributed by atoms with Gasteiger partial charge in [-0.15, -0.1) is 0 Å². The van der Waals surface area contributed by atoms with Crippen molar-refractivity contribution in [2.75, 3.05) is 5.32 Å². The zero-order valence-electron chi connectivity index (χ0n) is 10.7. The van der Waals surface area contributed by atoms with Gasteiger partial charge in [0.25, 0.3) is 0 Å². The number of benzene rings is 1. The van der Waals surface area contributed by atoms with Crippen LogP contribution in [0.2, 0.25) is 0 Å². The summed E-state index contributed by atoms with van der Waals surface area (Å²) < 4.78 is 38.7. The van der Waals surface area contributed by atoms with Gasteiger partial charge in [0.1, 0.15) is 0 Å². The molecule has 19 heavy (non-hydrogen) atoms. The summed E-state index contributed by atoms with van der Waals surface area (Å²) in [5.74, 6) is 0.639. The van der Waals surface area contributed by atoms with Crippen molar-refractivity contribution in [3.8, 4) is 0 Å². The standard InChI is InChI=1S/C14H17BrF3N/c1-9-3-2-4-12(5-9)19-13-7-10(14(16,17)18)6-11(15)8-13/h6-9,12,19H,2-5H2,1H3. The van der Waals surface area contributed by atoms with E-state index in [1.807, 2.05) is 0 Å². The normalized spacial score (nSPS) is 24.3. The van der Waals surface area contributed by atoms with Crippen molar-refractivity contribution in [2.24, 2.45) is 5.92 Å². The topological polar surface area (TPSA) is 12.0 Å². The molecule has 1 fully saturated rings. The first-order valence-electron chi connectivity index (χ1n) is 6.49. The van der Waals surface area contributed by atoms with E-state index in [2.05, 4.69) is 28.2 Å². The lowest BCUT2D eigenvalue weighted by Crippen LogP contribution is -2.26. The van der Waals surface area contributed by atoms with Gasteiger partial charge >= 0.3 is 6.18 Å². The maximum absolute atomic E-state index is 12.7. The lowest BCUT2D eigenvalue weighted by Gasteiger charge is -2.28. The van der Waals surface area contributed by atoms with Gasteiger partial charge in [-0.05, 0) is 37.0 Å². The highest BCUT2D eigenvalue weighted by Gasteiger charge is 2.31. The molecule has 0 aliphatic heterocycles. The highest BCUT2D eigenvalue weighted by Crippen LogP contribution is 2.34. The molecule has 2 unspecified atom stereocenters. The number of anilines is 1. The third-order valence-electron chi connectivity index (χ3n) is 3.53. The Kier molecular flexibility index (Phi) is 4.43. The van der Waals surface area contributed by atoms with Crippen molar-refractivity contribution in [3.63, 3.8) is 0 Å². The van der Waals surface area contributed by atoms with Crippen LogP contribution < -0.4 is 5.32 Å². The Hall–Kier alpha value is -0.710. The van der Waals surface area contributed by atoms with Gasteiger partial charge in [-0.1, -0.05) is 35.7 Å². The average molecular weight is 336 g/mol. The number of nitrogens with one attached hydrogen (secondary N) is 1. The molecule has 0 heterocycles. The third-order valence-corrected chi connectivity index (χ3v) is 3.99. The summed E-state index contributed by atoms with van der Waals surface area (Å²) in [4.78, 5) is 0. The molecule has 0 aromatic heterocycles. The second-order valence-electron chi connectivity index (χ2n) is 5.34. The Morgan fingerprint density at radius 2 is 1.95 bits per heavy atom. The van der Waals surface area contributed by atoms with Gasteiger partial charge in [-0.3, -0.25) is 0 Å². The SMILES string of the molecule is CC1CCCC(Nc2cc(Br)cc(C(F)(F)F)c2)C1. The number of hydrogen-bond acceptors (Lipinski definition) is 1. The molecule has 0 spiro atoms. The minimum atomic E-state index is -4.31. The Balaban J connectivity index is 2.14. The fraction of sp³-hybridized carbons (Fsp3) is 0.571. The predicted octanol–water partition coefficient (Wildman–Crippen LogP) is 5.46. The van der Waals surface area contributed by atoms with E-state index in [0.29, 0.717) is 16.1 Å². The molecular weight excluding hydrogens is 319 g/mol. The summed E-state index contributed by atoms with van der Waals surface area (Å²) in [6, 6.07) is 4.27. The van der Waals surface area contributed by atoms with E-state index in [9.17, 15) is 13.2 Å². The summed E-state index contributed by atoms with van der Waals surface area (Å²) in [5, 5.41) is 3.23. The van der Waals surface area contributed by atoms with Crippen LogP contribution in [-0.2, 0) is 6.18 Å². The van der Waals surface area contributed by atoms with Crippen molar-refractivity contribution in [2.45, 2.75) is 44.8 Å². The van der Waals surface area contributed by atoms with Gasteiger partial charge in [-0.25, -0.2) is 0 Å². The molecule has 1 nitrogen and oxygen atoms in total. The fourth-order valence-corrected chi connectivity index (χ4v) is 3.13. The minimum absolute atomic E-state index is 0.277. The van der Waals surface area contributed by atoms with Gasteiger partial charge in [0.15, 0.2) is 0 Å². The molecule has 2 atom stereocenters. The Bertz CT molecular complexity index is 445. The van der Waals surface area contributed by atoms with Crippen LogP contribution in [0.3, 0.4) is 0 Å². The first-order chi connectivity index (χ1) is 8.84. The molecule has 1 N–H and O–H groups in total. The second kappa shape index (κ2) is 5.73. The van der Waals surface area contributed by atoms with Crippen LogP contribution in [0.25, 0.3) is 0 Å². The van der Waals surface area contributed by atoms with Crippen molar-refractivity contribution >= 4 is 21.6 Å². The number of rotatable bonds is 2. The molecular formula is C14H17BrF3N. The van der Waals surface area contributed by atoms with Gasteiger partial charge in [0.05, 0.1) is 5.56 Å². The van der Waals surface area contributed by atoms with Crippen molar-refractivity contribution in [1.29, 1.82) is 0 Å². The Labute approximate surface area is 119 Å². The van der Waals surface area contributed by atoms with E-state index in [1.54, 1.807) is 6.07 Å². The molecule has 1 aromatic carbocycles. The van der Waals surface area contributed by atoms with Gasteiger partial charge in [0.2, 0.25) is 0 Å². The Morgan fingerprint density at radius 3 is 2.58 bits per heavy atom. The summed E-state index contributed by atoms with van der Waals surface area (Å²) in [5.41, 5.74) is -0.0750. The van der Waals surface area contributed by atoms with Crippen LogP contribution in [0, 0.1) is 5.92 Å². The average Bonchev–Trinajstić information content (AvgIpc) is 2.26. The molecule has 0 radical (unpaired) electrons. The lowest BCUT2D eigenvalue weighted by molar-refractivity contribution is -0.137. The molecule has 1 aromatic rings. The highest BCUT2D eigenvalue weighted by atomic mass is 79.9. The van der Waals surface area contributed by atoms with Crippen LogP contribution in [-0.4, -0.2) is 6.04 Å². The molecule has 0 saturated heterocycles. The molecule has 0 amide bonds. The Morgan fingerprint density at radius 1 is 1.21 bits per heavy atom. The van der Waals surface area contributed by atoms with E-state index in [0.717, 1.165) is 25.3 Å². The monoisotopic (exact) mass is 335 g/mol. The number of halogens is 4. The number of alkyl halides is 3. The van der Waals surface area contributed by atoms with Gasteiger partial charge in [-0.2, -0.15) is 13.2 Å². The molecule has 1 aliphatic carbocycles. The van der Waals surface area contributed by atoms with E-state index >= 15 is 0 Å². The van der Waals surface area contributed by atoms with Gasteiger partial charge in [0, 0.05) is 16.2 Å². The van der Waals surface area contributed by atoms with Crippen molar-refractivity contribution < 1.29 is 13.2 Å². The first kappa shape index (κ1) is 14.7. The van der Waals surface area contributed by atoms with Crippen LogP contribution in [0.15, 0.2) is 22.7 Å². The largest absolute Gasteiger partial charge is 0.416 e. The minimum Gasteiger partial charge on any atom is -0.382 e. The van der Waals surface area contributed by atoms with Gasteiger partial charge < -0.3 is 5.32 Å². The highest BCUT2D eigenvalue weighted by molar-refractivity contribution is 9.10. The molecule has 1 saturated carbocycles. The molecule has 1 aliphatic rings. The zero-order valence-corrected chi connectivity index (χ0v) is 12.3. The zero-order chi connectivity index (χ0) is 14.0. The van der Waals surface area contributed by atoms with Crippen LogP contribution >= 0.6 is 15.9 Å². The fourth-order valence-electron chi connectivity index (χ4n) is 2.64. The van der Waals surface area contributed by atoms with Crippen LogP contribution in [0.5, 0.6) is 0 Å². The van der Waals surface area contributed by atoms with Crippen molar-refractivity contribution in [3.05, 3.63) is 28.2 Å². The number of hydrogen-bond donors (Lipinski definition) is 1. The lowest BCUT2D eigenvalue weighted by atomic mass is 9.87. The first-order valence-corrected chi connectivity index (χ1v) is 7.28.